The van der Waals surface area contributed by atoms with E-state index in [2.05, 4.69) is 7.05 Å². The summed E-state index contributed by atoms with van der Waals surface area (Å²) in [5.41, 5.74) is 0.958. The molecule has 0 aromatic heterocycles. The van der Waals surface area contributed by atoms with Crippen molar-refractivity contribution in [2.24, 2.45) is 0 Å². The lowest BCUT2D eigenvalue weighted by Crippen LogP contribution is -2.10. The first-order valence-corrected chi connectivity index (χ1v) is 2.65. The number of hydrogen-bond acceptors (Lipinski definition) is 0. The molecule has 0 radical (unpaired) electrons. The van der Waals surface area contributed by atoms with Crippen molar-refractivity contribution in [1.82, 2.24) is 0 Å². The number of fused-ring (bicyclic) bond motifs is 1. The van der Waals surface area contributed by atoms with Crippen LogP contribution in [0, 0.1) is 0 Å². The molecule has 32 valence electrons. The van der Waals surface area contributed by atoms with Gasteiger partial charge in [-0.1, -0.05) is 0 Å². The Balaban J connectivity index is 2.31. The second kappa shape index (κ2) is 0.270. The molecular formula is C5H8N+. The molecule has 3 atom stereocenters. The fourth-order valence-corrected chi connectivity index (χ4v) is 2.11. The Hall–Kier alpha value is -0.0400. The molecular weight excluding hydrogens is 74.1 g/mol. The van der Waals surface area contributed by atoms with Crippen molar-refractivity contribution >= 4 is 0 Å². The van der Waals surface area contributed by atoms with Crippen LogP contribution in [0.1, 0.15) is 6.42 Å². The van der Waals surface area contributed by atoms with E-state index in [9.17, 15) is 0 Å². The van der Waals surface area contributed by atoms with E-state index in [-0.39, 0.29) is 0 Å². The quantitative estimate of drug-likeness (QED) is 0.284. The fourth-order valence-electron chi connectivity index (χ4n) is 2.11. The Morgan fingerprint density at radius 2 is 2.33 bits per heavy atom. The lowest BCUT2D eigenvalue weighted by atomic mass is 10.5. The standard InChI is InChI=1S/C5H8N/c1-6-3-5(6)2-4(5)6/h4H,2-3H2,1H3/q+1. The van der Waals surface area contributed by atoms with Crippen LogP contribution in [0.4, 0.5) is 0 Å². The van der Waals surface area contributed by atoms with E-state index < -0.39 is 0 Å². The molecule has 0 aromatic carbocycles. The van der Waals surface area contributed by atoms with Gasteiger partial charge in [0.15, 0.2) is 6.04 Å². The molecule has 1 aliphatic carbocycles. The smallest absolute Gasteiger partial charge is 0.207 e. The van der Waals surface area contributed by atoms with Gasteiger partial charge in [0.2, 0.25) is 5.54 Å². The highest BCUT2D eigenvalue weighted by molar-refractivity contribution is 5.33. The van der Waals surface area contributed by atoms with E-state index in [0.717, 1.165) is 5.54 Å². The van der Waals surface area contributed by atoms with Crippen LogP contribution in [0.5, 0.6) is 0 Å². The predicted molar refractivity (Wildman–Crippen MR) is 22.2 cm³/mol. The topological polar surface area (TPSA) is 0 Å². The van der Waals surface area contributed by atoms with Gasteiger partial charge in [-0.3, -0.25) is 4.48 Å². The molecule has 2 saturated heterocycles. The maximum atomic E-state index is 2.37. The lowest BCUT2D eigenvalue weighted by molar-refractivity contribution is -0.722. The summed E-state index contributed by atoms with van der Waals surface area (Å²) in [5, 5.41) is 0. The molecule has 2 heterocycles. The number of nitrogens with zero attached hydrogens (tertiary/aromatic N) is 1. The molecule has 0 aromatic rings. The maximum Gasteiger partial charge on any atom is 0.207 e. The molecule has 3 aliphatic rings. The van der Waals surface area contributed by atoms with Crippen LogP contribution in [0.3, 0.4) is 0 Å². The van der Waals surface area contributed by atoms with Crippen LogP contribution in [0.25, 0.3) is 0 Å². The molecule has 1 heteroatoms. The van der Waals surface area contributed by atoms with Crippen LogP contribution in [0.2, 0.25) is 0 Å². The molecule has 1 saturated carbocycles. The van der Waals surface area contributed by atoms with Gasteiger partial charge < -0.3 is 0 Å². The monoisotopic (exact) mass is 82.1 g/mol. The average Bonchev–Trinajstić information content (AvgIpc) is 2.27. The van der Waals surface area contributed by atoms with E-state index in [1.54, 1.807) is 6.42 Å². The second-order valence-corrected chi connectivity index (χ2v) is 3.25. The van der Waals surface area contributed by atoms with Crippen LogP contribution >= 0.6 is 0 Å². The van der Waals surface area contributed by atoms with Crippen molar-refractivity contribution in [3.05, 3.63) is 0 Å². The summed E-state index contributed by atoms with van der Waals surface area (Å²) in [5.74, 6) is 0. The third kappa shape index (κ3) is 0.0515. The number of quaternary nitrogens is 1. The zero-order valence-corrected chi connectivity index (χ0v) is 3.94. The predicted octanol–water partition coefficient (Wildman–Crippen LogP) is -0.0287. The van der Waals surface area contributed by atoms with Gasteiger partial charge in [0, 0.05) is 0 Å². The summed E-state index contributed by atoms with van der Waals surface area (Å²) in [6, 6.07) is 1.18. The van der Waals surface area contributed by atoms with Crippen LogP contribution < -0.4 is 0 Å². The highest BCUT2D eigenvalue weighted by Crippen LogP contribution is 2.82. The molecule has 3 fully saturated rings. The van der Waals surface area contributed by atoms with Crippen LogP contribution in [-0.2, 0) is 0 Å². The molecule has 2 aliphatic heterocycles. The lowest BCUT2D eigenvalue weighted by Gasteiger charge is -1.94. The minimum atomic E-state index is 0.958. The molecule has 3 unspecified atom stereocenters. The van der Waals surface area contributed by atoms with E-state index in [4.69, 9.17) is 0 Å². The Morgan fingerprint density at radius 1 is 1.83 bits per heavy atom. The second-order valence-electron chi connectivity index (χ2n) is 3.25. The molecule has 0 bridgehead atoms. The zero-order valence-electron chi connectivity index (χ0n) is 3.94. The van der Waals surface area contributed by atoms with Crippen molar-refractivity contribution in [3.8, 4) is 0 Å². The van der Waals surface area contributed by atoms with Gasteiger partial charge in [0.25, 0.3) is 0 Å². The first-order valence-electron chi connectivity index (χ1n) is 2.65. The van der Waals surface area contributed by atoms with Gasteiger partial charge in [0.05, 0.1) is 13.5 Å². The Labute approximate surface area is 37.2 Å². The number of rotatable bonds is 0. The van der Waals surface area contributed by atoms with Gasteiger partial charge in [-0.25, -0.2) is 0 Å². The average molecular weight is 82.1 g/mol. The number of hydrogen-bond donors (Lipinski definition) is 0. The summed E-state index contributed by atoms with van der Waals surface area (Å²) >= 11 is 0. The zero-order chi connectivity index (χ0) is 3.99. The first kappa shape index (κ1) is 2.31. The van der Waals surface area contributed by atoms with Crippen molar-refractivity contribution in [1.29, 1.82) is 0 Å². The molecule has 0 N–H and O–H groups in total. The fraction of sp³-hybridized carbons (Fsp3) is 1.00. The molecule has 1 spiro atoms. The third-order valence-electron chi connectivity index (χ3n) is 3.14. The van der Waals surface area contributed by atoms with Crippen molar-refractivity contribution in [3.63, 3.8) is 0 Å². The van der Waals surface area contributed by atoms with Gasteiger partial charge in [-0.15, -0.1) is 0 Å². The van der Waals surface area contributed by atoms with Gasteiger partial charge in [-0.2, -0.15) is 0 Å². The van der Waals surface area contributed by atoms with Crippen molar-refractivity contribution in [2.75, 3.05) is 13.6 Å². The highest BCUT2D eigenvalue weighted by Gasteiger charge is 3.07. The molecule has 1 nitrogen and oxygen atoms in total. The SMILES string of the molecule is C[N+]12CC13CC32. The summed E-state index contributed by atoms with van der Waals surface area (Å²) in [6.07, 6.45) is 1.57. The van der Waals surface area contributed by atoms with Gasteiger partial charge in [0.1, 0.15) is 6.54 Å². The van der Waals surface area contributed by atoms with Crippen LogP contribution in [0.15, 0.2) is 0 Å². The Morgan fingerprint density at radius 3 is 2.33 bits per heavy atom. The third-order valence-corrected chi connectivity index (χ3v) is 3.14. The molecule has 3 rings (SSSR count). The molecule has 6 heavy (non-hydrogen) atoms. The highest BCUT2D eigenvalue weighted by atomic mass is 15.8. The Kier molecular flexibility index (Phi) is 0.104. The van der Waals surface area contributed by atoms with Gasteiger partial charge in [-0.05, 0) is 0 Å². The summed E-state index contributed by atoms with van der Waals surface area (Å²) in [7, 11) is 2.37. The van der Waals surface area contributed by atoms with Gasteiger partial charge >= 0.3 is 0 Å². The molecule has 0 amide bonds. The van der Waals surface area contributed by atoms with Crippen molar-refractivity contribution < 1.29 is 4.48 Å². The van der Waals surface area contributed by atoms with E-state index in [0.29, 0.717) is 0 Å². The Bertz CT molecular complexity index is 135. The summed E-state index contributed by atoms with van der Waals surface area (Å²) in [6.45, 7) is 1.53. The summed E-state index contributed by atoms with van der Waals surface area (Å²) in [4.78, 5) is 0. The van der Waals surface area contributed by atoms with Crippen LogP contribution in [-0.4, -0.2) is 29.7 Å². The van der Waals surface area contributed by atoms with E-state index in [1.807, 2.05) is 0 Å². The van der Waals surface area contributed by atoms with Crippen molar-refractivity contribution in [2.45, 2.75) is 18.0 Å². The normalized spacial score (nSPS) is 90.5. The largest absolute Gasteiger partial charge is 0.298 e. The minimum absolute atomic E-state index is 0.958. The first-order chi connectivity index (χ1) is 2.80. The number of likely N-dealkylation sites (N-methyl/N-ethyl adjacent to an activating group) is 1. The van der Waals surface area contributed by atoms with E-state index >= 15 is 0 Å². The maximum absolute atomic E-state index is 2.37. The summed E-state index contributed by atoms with van der Waals surface area (Å²) < 4.78 is 1.48. The minimum Gasteiger partial charge on any atom is -0.298 e. The van der Waals surface area contributed by atoms with E-state index in [1.165, 1.54) is 17.1 Å².